The Bertz CT molecular complexity index is 712. The summed E-state index contributed by atoms with van der Waals surface area (Å²) in [7, 11) is 0. The quantitative estimate of drug-likeness (QED) is 0.433. The third-order valence-electron chi connectivity index (χ3n) is 2.61. The van der Waals surface area contributed by atoms with Gasteiger partial charge in [0, 0.05) is 17.7 Å². The van der Waals surface area contributed by atoms with Gasteiger partial charge in [0.15, 0.2) is 0 Å². The molecule has 0 amide bonds. The number of nitro benzene ring substituents is 1. The van der Waals surface area contributed by atoms with Crippen molar-refractivity contribution >= 4 is 33.2 Å². The molecule has 0 aromatic heterocycles. The Hall–Kier alpha value is -1.73. The van der Waals surface area contributed by atoms with Crippen molar-refractivity contribution in [1.29, 1.82) is 0 Å². The van der Waals surface area contributed by atoms with Crippen molar-refractivity contribution < 1.29 is 18.4 Å². The molecule has 0 fully saturated rings. The van der Waals surface area contributed by atoms with Crippen LogP contribution in [0.4, 0.5) is 14.5 Å². The summed E-state index contributed by atoms with van der Waals surface area (Å²) in [5.74, 6) is -1.55. The molecule has 110 valence electrons. The first kappa shape index (κ1) is 15.7. The van der Waals surface area contributed by atoms with Gasteiger partial charge in [-0.2, -0.15) is 4.39 Å². The number of halogens is 4. The summed E-state index contributed by atoms with van der Waals surface area (Å²) in [6.45, 7) is -0.285. The van der Waals surface area contributed by atoms with Crippen LogP contribution >= 0.6 is 27.5 Å². The molecule has 0 unspecified atom stereocenters. The van der Waals surface area contributed by atoms with Gasteiger partial charge < -0.3 is 4.74 Å². The van der Waals surface area contributed by atoms with Crippen LogP contribution in [0.15, 0.2) is 34.8 Å². The standard InChI is InChI=1S/C13H7BrClF2NO3/c14-8-4-9(15)10(16)5-12(8)21-6-7-2-1-3-11(13(7)17)18(19)20/h1-5H,6H2. The predicted molar refractivity (Wildman–Crippen MR) is 76.5 cm³/mol. The molecule has 2 aromatic carbocycles. The molecule has 21 heavy (non-hydrogen) atoms. The molecular weight excluding hydrogens is 372 g/mol. The van der Waals surface area contributed by atoms with Crippen LogP contribution in [-0.4, -0.2) is 4.92 Å². The molecule has 0 heterocycles. The summed E-state index contributed by atoms with van der Waals surface area (Å²) in [4.78, 5) is 9.81. The van der Waals surface area contributed by atoms with Crippen molar-refractivity contribution in [3.05, 3.63) is 67.1 Å². The number of hydrogen-bond acceptors (Lipinski definition) is 3. The molecular formula is C13H7BrClF2NO3. The molecule has 8 heteroatoms. The van der Waals surface area contributed by atoms with E-state index in [9.17, 15) is 18.9 Å². The third-order valence-corrected chi connectivity index (χ3v) is 3.52. The molecule has 0 bridgehead atoms. The summed E-state index contributed by atoms with van der Waals surface area (Å²) in [6, 6.07) is 6.09. The first-order chi connectivity index (χ1) is 9.90. The molecule has 0 saturated heterocycles. The average molecular weight is 379 g/mol. The van der Waals surface area contributed by atoms with Crippen LogP contribution in [0.1, 0.15) is 5.56 Å². The van der Waals surface area contributed by atoms with Crippen LogP contribution in [0, 0.1) is 21.7 Å². The first-order valence-electron chi connectivity index (χ1n) is 5.59. The van der Waals surface area contributed by atoms with E-state index in [0.717, 1.165) is 12.1 Å². The van der Waals surface area contributed by atoms with Crippen LogP contribution in [0.2, 0.25) is 5.02 Å². The molecule has 2 rings (SSSR count). The van der Waals surface area contributed by atoms with Gasteiger partial charge in [-0.25, -0.2) is 4.39 Å². The van der Waals surface area contributed by atoms with Gasteiger partial charge in [-0.15, -0.1) is 0 Å². The zero-order valence-electron chi connectivity index (χ0n) is 10.3. The number of nitro groups is 1. The summed E-state index contributed by atoms with van der Waals surface area (Å²) >= 11 is 8.72. The van der Waals surface area contributed by atoms with Gasteiger partial charge in [0.25, 0.3) is 0 Å². The molecule has 0 N–H and O–H groups in total. The Kier molecular flexibility index (Phi) is 4.74. The van der Waals surface area contributed by atoms with E-state index >= 15 is 0 Å². The second kappa shape index (κ2) is 6.36. The highest BCUT2D eigenvalue weighted by Crippen LogP contribution is 2.31. The third kappa shape index (κ3) is 3.48. The van der Waals surface area contributed by atoms with Crippen molar-refractivity contribution in [2.75, 3.05) is 0 Å². The summed E-state index contributed by atoms with van der Waals surface area (Å²) in [5.41, 5.74) is -0.649. The van der Waals surface area contributed by atoms with Crippen LogP contribution in [0.3, 0.4) is 0 Å². The minimum atomic E-state index is -0.979. The Labute approximate surface area is 131 Å². The normalized spacial score (nSPS) is 10.5. The van der Waals surface area contributed by atoms with E-state index in [-0.39, 0.29) is 22.9 Å². The molecule has 2 aromatic rings. The van der Waals surface area contributed by atoms with Crippen LogP contribution in [0.5, 0.6) is 5.75 Å². The largest absolute Gasteiger partial charge is 0.487 e. The van der Waals surface area contributed by atoms with E-state index in [1.54, 1.807) is 0 Å². The number of rotatable bonds is 4. The van der Waals surface area contributed by atoms with E-state index in [1.807, 2.05) is 0 Å². The lowest BCUT2D eigenvalue weighted by molar-refractivity contribution is -0.387. The lowest BCUT2D eigenvalue weighted by Crippen LogP contribution is -2.02. The molecule has 0 aliphatic heterocycles. The highest BCUT2D eigenvalue weighted by molar-refractivity contribution is 9.10. The van der Waals surface area contributed by atoms with Gasteiger partial charge in [0.1, 0.15) is 18.2 Å². The fourth-order valence-electron chi connectivity index (χ4n) is 1.59. The molecule has 0 radical (unpaired) electrons. The fraction of sp³-hybridized carbons (Fsp3) is 0.0769. The van der Waals surface area contributed by atoms with Crippen LogP contribution in [-0.2, 0) is 6.61 Å². The number of benzene rings is 2. The van der Waals surface area contributed by atoms with E-state index < -0.39 is 22.2 Å². The minimum Gasteiger partial charge on any atom is -0.487 e. The highest BCUT2D eigenvalue weighted by atomic mass is 79.9. The van der Waals surface area contributed by atoms with Crippen LogP contribution < -0.4 is 4.74 Å². The number of hydrogen-bond donors (Lipinski definition) is 0. The summed E-state index contributed by atoms with van der Waals surface area (Å²) < 4.78 is 32.8. The zero-order valence-corrected chi connectivity index (χ0v) is 12.6. The molecule has 0 aliphatic carbocycles. The minimum absolute atomic E-state index is 0.00791. The Morgan fingerprint density at radius 3 is 2.71 bits per heavy atom. The van der Waals surface area contributed by atoms with Crippen molar-refractivity contribution in [1.82, 2.24) is 0 Å². The van der Waals surface area contributed by atoms with E-state index in [4.69, 9.17) is 16.3 Å². The van der Waals surface area contributed by atoms with Crippen molar-refractivity contribution in [3.8, 4) is 5.75 Å². The van der Waals surface area contributed by atoms with Crippen LogP contribution in [0.25, 0.3) is 0 Å². The Balaban J connectivity index is 2.23. The van der Waals surface area contributed by atoms with E-state index in [0.29, 0.717) is 4.47 Å². The van der Waals surface area contributed by atoms with Gasteiger partial charge in [-0.1, -0.05) is 23.7 Å². The summed E-state index contributed by atoms with van der Waals surface area (Å²) in [5, 5.41) is 10.6. The topological polar surface area (TPSA) is 52.4 Å². The smallest absolute Gasteiger partial charge is 0.305 e. The summed E-state index contributed by atoms with van der Waals surface area (Å²) in [6.07, 6.45) is 0. The zero-order chi connectivity index (χ0) is 15.6. The Morgan fingerprint density at radius 2 is 2.05 bits per heavy atom. The maximum atomic E-state index is 13.8. The SMILES string of the molecule is O=[N+]([O-])c1cccc(COc2cc(F)c(Cl)cc2Br)c1F. The van der Waals surface area contributed by atoms with E-state index in [2.05, 4.69) is 15.9 Å². The maximum Gasteiger partial charge on any atom is 0.305 e. The lowest BCUT2D eigenvalue weighted by atomic mass is 10.2. The maximum absolute atomic E-state index is 13.8. The first-order valence-corrected chi connectivity index (χ1v) is 6.76. The van der Waals surface area contributed by atoms with Crippen molar-refractivity contribution in [3.63, 3.8) is 0 Å². The van der Waals surface area contributed by atoms with Gasteiger partial charge in [-0.05, 0) is 22.0 Å². The average Bonchev–Trinajstić information content (AvgIpc) is 2.42. The van der Waals surface area contributed by atoms with Gasteiger partial charge in [0.05, 0.1) is 14.4 Å². The predicted octanol–water partition coefficient (Wildman–Crippen LogP) is 4.87. The van der Waals surface area contributed by atoms with Crippen molar-refractivity contribution in [2.24, 2.45) is 0 Å². The molecule has 0 atom stereocenters. The van der Waals surface area contributed by atoms with Gasteiger partial charge in [-0.3, -0.25) is 10.1 Å². The van der Waals surface area contributed by atoms with Crippen molar-refractivity contribution in [2.45, 2.75) is 6.61 Å². The van der Waals surface area contributed by atoms with Gasteiger partial charge in [0.2, 0.25) is 5.82 Å². The Morgan fingerprint density at radius 1 is 1.33 bits per heavy atom. The molecule has 0 spiro atoms. The molecule has 4 nitrogen and oxygen atoms in total. The lowest BCUT2D eigenvalue weighted by Gasteiger charge is -2.09. The molecule has 0 aliphatic rings. The number of nitrogens with zero attached hydrogens (tertiary/aromatic N) is 1. The fourth-order valence-corrected chi connectivity index (χ4v) is 2.34. The van der Waals surface area contributed by atoms with Gasteiger partial charge >= 0.3 is 5.69 Å². The highest BCUT2D eigenvalue weighted by Gasteiger charge is 2.18. The second-order valence-electron chi connectivity index (χ2n) is 3.99. The molecule has 0 saturated carbocycles. The van der Waals surface area contributed by atoms with E-state index in [1.165, 1.54) is 18.2 Å². The monoisotopic (exact) mass is 377 g/mol. The second-order valence-corrected chi connectivity index (χ2v) is 5.25. The number of ether oxygens (including phenoxy) is 1.